The average Bonchev–Trinajstić information content (AvgIpc) is 3.49. The zero-order valence-corrected chi connectivity index (χ0v) is 16.0. The lowest BCUT2D eigenvalue weighted by molar-refractivity contribution is -0.385. The van der Waals surface area contributed by atoms with Gasteiger partial charge in [0.1, 0.15) is 16.9 Å². The number of hydrogen-bond donors (Lipinski definition) is 1. The van der Waals surface area contributed by atoms with E-state index >= 15 is 0 Å². The average molecular weight is 381 g/mol. The monoisotopic (exact) mass is 381 g/mol. The Labute approximate surface area is 163 Å². The van der Waals surface area contributed by atoms with Gasteiger partial charge in [-0.05, 0) is 38.3 Å². The Morgan fingerprint density at radius 2 is 2.00 bits per heavy atom. The molecule has 1 fully saturated rings. The predicted molar refractivity (Wildman–Crippen MR) is 106 cm³/mol. The Bertz CT molecular complexity index is 923. The molecule has 7 heteroatoms. The number of nitrogens with one attached hydrogen (secondary N) is 1. The molecular weight excluding hydrogens is 358 g/mol. The summed E-state index contributed by atoms with van der Waals surface area (Å²) in [6.07, 6.45) is 2.17. The molecule has 7 nitrogen and oxygen atoms in total. The largest absolute Gasteiger partial charge is 0.484 e. The van der Waals surface area contributed by atoms with Gasteiger partial charge in [0, 0.05) is 12.6 Å². The fourth-order valence-electron chi connectivity index (χ4n) is 3.61. The number of anilines is 1. The summed E-state index contributed by atoms with van der Waals surface area (Å²) in [5.74, 6) is 0.00777. The summed E-state index contributed by atoms with van der Waals surface area (Å²) < 4.78 is 6.00. The first-order valence-corrected chi connectivity index (χ1v) is 9.44. The maximum absolute atomic E-state index is 12.8. The highest BCUT2D eigenvalue weighted by atomic mass is 16.6. The molecule has 1 saturated carbocycles. The Morgan fingerprint density at radius 3 is 2.64 bits per heavy atom. The van der Waals surface area contributed by atoms with Crippen molar-refractivity contribution in [1.29, 1.82) is 0 Å². The highest BCUT2D eigenvalue weighted by molar-refractivity contribution is 6.00. The Kier molecular flexibility index (Phi) is 4.45. The smallest absolute Gasteiger partial charge is 0.286 e. The van der Waals surface area contributed by atoms with E-state index < -0.39 is 16.4 Å². The first-order valence-electron chi connectivity index (χ1n) is 9.44. The minimum absolute atomic E-state index is 0.0636. The van der Waals surface area contributed by atoms with Crippen LogP contribution in [0.5, 0.6) is 5.75 Å². The van der Waals surface area contributed by atoms with Crippen molar-refractivity contribution in [2.24, 2.45) is 0 Å². The number of nitro groups is 1. The third-order valence-corrected chi connectivity index (χ3v) is 5.05. The van der Waals surface area contributed by atoms with Gasteiger partial charge in [0.05, 0.1) is 23.2 Å². The SMILES string of the molecule is CC1(C)CN(C2CC2)c2cc(C(=O)NCc3ccccc3)c([N+](=O)[O-])cc2O1. The molecule has 2 aromatic carbocycles. The first-order chi connectivity index (χ1) is 13.3. The van der Waals surface area contributed by atoms with E-state index in [1.54, 1.807) is 6.07 Å². The molecule has 0 radical (unpaired) electrons. The zero-order valence-electron chi connectivity index (χ0n) is 16.0. The minimum Gasteiger partial charge on any atom is -0.484 e. The molecule has 1 amide bonds. The molecule has 1 aliphatic carbocycles. The second-order valence-electron chi connectivity index (χ2n) is 7.98. The van der Waals surface area contributed by atoms with Crippen molar-refractivity contribution in [3.05, 3.63) is 63.7 Å². The Balaban J connectivity index is 1.67. The minimum atomic E-state index is -0.524. The van der Waals surface area contributed by atoms with Crippen LogP contribution in [0.25, 0.3) is 0 Å². The van der Waals surface area contributed by atoms with E-state index in [0.717, 1.165) is 24.1 Å². The van der Waals surface area contributed by atoms with Crippen molar-refractivity contribution < 1.29 is 14.5 Å². The molecule has 0 spiro atoms. The van der Waals surface area contributed by atoms with Gasteiger partial charge in [-0.15, -0.1) is 0 Å². The molecule has 4 rings (SSSR count). The number of ether oxygens (including phenoxy) is 1. The number of amides is 1. The maximum Gasteiger partial charge on any atom is 0.286 e. The molecule has 0 unspecified atom stereocenters. The lowest BCUT2D eigenvalue weighted by atomic mass is 10.0. The number of carbonyl (C=O) groups excluding carboxylic acids is 1. The number of nitro benzene ring substituents is 1. The molecule has 28 heavy (non-hydrogen) atoms. The summed E-state index contributed by atoms with van der Waals surface area (Å²) in [6, 6.07) is 12.9. The second kappa shape index (κ2) is 6.82. The summed E-state index contributed by atoms with van der Waals surface area (Å²) in [6.45, 7) is 4.94. The lowest BCUT2D eigenvalue weighted by Crippen LogP contribution is -2.48. The van der Waals surface area contributed by atoms with Crippen LogP contribution in [0.3, 0.4) is 0 Å². The van der Waals surface area contributed by atoms with Crippen LogP contribution in [0.15, 0.2) is 42.5 Å². The number of benzene rings is 2. The van der Waals surface area contributed by atoms with Gasteiger partial charge in [0.25, 0.3) is 11.6 Å². The quantitative estimate of drug-likeness (QED) is 0.631. The zero-order chi connectivity index (χ0) is 19.9. The number of hydrogen-bond acceptors (Lipinski definition) is 5. The van der Waals surface area contributed by atoms with Gasteiger partial charge < -0.3 is 15.0 Å². The van der Waals surface area contributed by atoms with Crippen LogP contribution in [-0.2, 0) is 6.54 Å². The molecule has 0 atom stereocenters. The molecular formula is C21H23N3O4. The Hall–Kier alpha value is -3.09. The highest BCUT2D eigenvalue weighted by Gasteiger charge is 2.41. The summed E-state index contributed by atoms with van der Waals surface area (Å²) in [4.78, 5) is 26.1. The van der Waals surface area contributed by atoms with Crippen molar-refractivity contribution >= 4 is 17.3 Å². The van der Waals surface area contributed by atoms with Gasteiger partial charge in [-0.3, -0.25) is 14.9 Å². The topological polar surface area (TPSA) is 84.7 Å². The van der Waals surface area contributed by atoms with Crippen LogP contribution >= 0.6 is 0 Å². The van der Waals surface area contributed by atoms with Crippen molar-refractivity contribution in [3.63, 3.8) is 0 Å². The lowest BCUT2D eigenvalue weighted by Gasteiger charge is -2.41. The molecule has 1 heterocycles. The van der Waals surface area contributed by atoms with Gasteiger partial charge >= 0.3 is 0 Å². The summed E-state index contributed by atoms with van der Waals surface area (Å²) in [5, 5.41) is 14.4. The number of nitrogens with zero attached hydrogens (tertiary/aromatic N) is 2. The van der Waals surface area contributed by atoms with Crippen LogP contribution in [0, 0.1) is 10.1 Å². The Morgan fingerprint density at radius 1 is 1.29 bits per heavy atom. The molecule has 1 aliphatic heterocycles. The molecule has 0 bridgehead atoms. The first kappa shape index (κ1) is 18.3. The molecule has 2 aromatic rings. The van der Waals surface area contributed by atoms with Gasteiger partial charge in [-0.1, -0.05) is 30.3 Å². The fourth-order valence-corrected chi connectivity index (χ4v) is 3.61. The molecule has 0 aromatic heterocycles. The molecule has 1 N–H and O–H groups in total. The second-order valence-corrected chi connectivity index (χ2v) is 7.98. The van der Waals surface area contributed by atoms with Gasteiger partial charge in [0.15, 0.2) is 0 Å². The standard InChI is InChI=1S/C21H23N3O4/c1-21(2)13-23(15-8-9-15)18-10-16(17(24(26)27)11-19(18)28-21)20(25)22-12-14-6-4-3-5-7-14/h3-7,10-11,15H,8-9,12-13H2,1-2H3,(H,22,25). The van der Waals surface area contributed by atoms with E-state index in [9.17, 15) is 14.9 Å². The molecule has 0 saturated heterocycles. The van der Waals surface area contributed by atoms with Crippen LogP contribution in [0.2, 0.25) is 0 Å². The molecule has 146 valence electrons. The van der Waals surface area contributed by atoms with Crippen LogP contribution in [0.4, 0.5) is 11.4 Å². The normalized spacial score (nSPS) is 17.4. The van der Waals surface area contributed by atoms with E-state index in [-0.39, 0.29) is 11.3 Å². The van der Waals surface area contributed by atoms with Gasteiger partial charge in [-0.2, -0.15) is 0 Å². The van der Waals surface area contributed by atoms with E-state index in [2.05, 4.69) is 10.2 Å². The van der Waals surface area contributed by atoms with E-state index in [1.807, 2.05) is 44.2 Å². The predicted octanol–water partition coefficient (Wildman–Crippen LogP) is 3.66. The summed E-state index contributed by atoms with van der Waals surface area (Å²) in [5.41, 5.74) is 1.07. The van der Waals surface area contributed by atoms with Crippen molar-refractivity contribution in [1.82, 2.24) is 5.32 Å². The highest BCUT2D eigenvalue weighted by Crippen LogP contribution is 2.45. The van der Waals surface area contributed by atoms with Crippen molar-refractivity contribution in [2.45, 2.75) is 44.9 Å². The van der Waals surface area contributed by atoms with Crippen molar-refractivity contribution in [3.8, 4) is 5.75 Å². The van der Waals surface area contributed by atoms with Gasteiger partial charge in [0.2, 0.25) is 0 Å². The van der Waals surface area contributed by atoms with E-state index in [0.29, 0.717) is 24.9 Å². The van der Waals surface area contributed by atoms with Crippen LogP contribution in [0.1, 0.15) is 42.6 Å². The van der Waals surface area contributed by atoms with E-state index in [4.69, 9.17) is 4.74 Å². The van der Waals surface area contributed by atoms with Crippen molar-refractivity contribution in [2.75, 3.05) is 11.4 Å². The number of carbonyl (C=O) groups is 1. The van der Waals surface area contributed by atoms with Crippen LogP contribution in [-0.4, -0.2) is 29.0 Å². The van der Waals surface area contributed by atoms with E-state index in [1.165, 1.54) is 6.07 Å². The van der Waals surface area contributed by atoms with Crippen LogP contribution < -0.4 is 15.0 Å². The maximum atomic E-state index is 12.8. The number of rotatable bonds is 5. The summed E-state index contributed by atoms with van der Waals surface area (Å²) in [7, 11) is 0. The van der Waals surface area contributed by atoms with Gasteiger partial charge in [-0.25, -0.2) is 0 Å². The third kappa shape index (κ3) is 3.65. The summed E-state index contributed by atoms with van der Waals surface area (Å²) >= 11 is 0. The fraction of sp³-hybridized carbons (Fsp3) is 0.381. The number of fused-ring (bicyclic) bond motifs is 1. The molecule has 2 aliphatic rings. The third-order valence-electron chi connectivity index (χ3n) is 5.05.